The minimum absolute atomic E-state index is 0.178. The molecule has 3 heterocycles. The zero-order valence-electron chi connectivity index (χ0n) is 13.8. The molecule has 5 rings (SSSR count). The third kappa shape index (κ3) is 1.79. The van der Waals surface area contributed by atoms with Crippen molar-refractivity contribution in [1.82, 2.24) is 9.88 Å². The summed E-state index contributed by atoms with van der Waals surface area (Å²) in [5.74, 6) is 0. The Morgan fingerprint density at radius 1 is 1.04 bits per heavy atom. The number of rotatable bonds is 0. The summed E-state index contributed by atoms with van der Waals surface area (Å²) < 4.78 is 0. The summed E-state index contributed by atoms with van der Waals surface area (Å²) in [5.41, 5.74) is 7.38. The second-order valence-electron chi connectivity index (χ2n) is 7.66. The summed E-state index contributed by atoms with van der Waals surface area (Å²) in [6.07, 6.45) is 1.16. The molecule has 116 valence electrons. The molecule has 1 aromatic heterocycles. The lowest BCUT2D eigenvalue weighted by Gasteiger charge is -2.46. The monoisotopic (exact) mass is 302 g/mol. The maximum Gasteiger partial charge on any atom is 0.0760 e. The highest BCUT2D eigenvalue weighted by Gasteiger charge is 2.42. The number of aromatic amines is 1. The van der Waals surface area contributed by atoms with Crippen molar-refractivity contribution in [3.63, 3.8) is 0 Å². The van der Waals surface area contributed by atoms with Gasteiger partial charge in [-0.1, -0.05) is 56.3 Å². The standard InChI is InChI=1S/C21H22N2/c1-21(2)13-23-12-11-14-7-3-4-8-15(14)20(23)19-18(21)16-9-5-6-10-17(16)22-19/h3-10,20,22H,11-13H2,1-2H3. The fourth-order valence-electron chi connectivity index (χ4n) is 4.81. The molecule has 2 aliphatic rings. The molecular formula is C21H22N2. The fourth-order valence-corrected chi connectivity index (χ4v) is 4.81. The van der Waals surface area contributed by atoms with E-state index in [2.05, 4.69) is 72.3 Å². The van der Waals surface area contributed by atoms with Crippen LogP contribution in [0.1, 0.15) is 42.3 Å². The number of hydrogen-bond donors (Lipinski definition) is 1. The van der Waals surface area contributed by atoms with Crippen molar-refractivity contribution in [2.24, 2.45) is 0 Å². The smallest absolute Gasteiger partial charge is 0.0760 e. The summed E-state index contributed by atoms with van der Waals surface area (Å²) in [7, 11) is 0. The molecule has 2 aliphatic heterocycles. The lowest BCUT2D eigenvalue weighted by atomic mass is 9.74. The van der Waals surface area contributed by atoms with Gasteiger partial charge >= 0.3 is 0 Å². The minimum Gasteiger partial charge on any atom is -0.357 e. The van der Waals surface area contributed by atoms with Gasteiger partial charge in [0.25, 0.3) is 0 Å². The van der Waals surface area contributed by atoms with Gasteiger partial charge in [-0.15, -0.1) is 0 Å². The van der Waals surface area contributed by atoms with Gasteiger partial charge in [-0.2, -0.15) is 0 Å². The third-order valence-corrected chi connectivity index (χ3v) is 5.67. The number of aromatic nitrogens is 1. The maximum absolute atomic E-state index is 3.77. The van der Waals surface area contributed by atoms with Crippen LogP contribution >= 0.6 is 0 Å². The Morgan fingerprint density at radius 2 is 1.83 bits per heavy atom. The quantitative estimate of drug-likeness (QED) is 0.652. The lowest BCUT2D eigenvalue weighted by Crippen LogP contribution is -2.48. The molecule has 0 amide bonds. The molecule has 2 nitrogen and oxygen atoms in total. The van der Waals surface area contributed by atoms with Crippen molar-refractivity contribution < 1.29 is 0 Å². The molecule has 2 aromatic carbocycles. The number of H-pyrrole nitrogens is 1. The number of nitrogens with one attached hydrogen (secondary N) is 1. The molecule has 1 unspecified atom stereocenters. The average molecular weight is 302 g/mol. The molecule has 23 heavy (non-hydrogen) atoms. The van der Waals surface area contributed by atoms with Crippen LogP contribution in [-0.4, -0.2) is 23.0 Å². The van der Waals surface area contributed by atoms with E-state index in [1.165, 1.54) is 33.3 Å². The Balaban J connectivity index is 1.83. The molecule has 0 aliphatic carbocycles. The van der Waals surface area contributed by atoms with Gasteiger partial charge in [0.05, 0.1) is 6.04 Å². The highest BCUT2D eigenvalue weighted by Crippen LogP contribution is 2.47. The highest BCUT2D eigenvalue weighted by molar-refractivity contribution is 5.86. The van der Waals surface area contributed by atoms with E-state index in [9.17, 15) is 0 Å². The second-order valence-corrected chi connectivity index (χ2v) is 7.66. The number of fused-ring (bicyclic) bond motifs is 7. The predicted molar refractivity (Wildman–Crippen MR) is 94.9 cm³/mol. The van der Waals surface area contributed by atoms with Crippen LogP contribution in [0, 0.1) is 0 Å². The van der Waals surface area contributed by atoms with Gasteiger partial charge in [-0.3, -0.25) is 4.90 Å². The first-order valence-corrected chi connectivity index (χ1v) is 8.58. The molecule has 0 fully saturated rings. The first-order chi connectivity index (χ1) is 11.1. The lowest BCUT2D eigenvalue weighted by molar-refractivity contribution is 0.151. The summed E-state index contributed by atoms with van der Waals surface area (Å²) in [6, 6.07) is 18.1. The molecule has 0 spiro atoms. The fraction of sp³-hybridized carbons (Fsp3) is 0.333. The molecule has 0 saturated carbocycles. The normalized spacial score (nSPS) is 22.4. The van der Waals surface area contributed by atoms with Crippen LogP contribution in [0.25, 0.3) is 10.9 Å². The van der Waals surface area contributed by atoms with Crippen LogP contribution in [0.4, 0.5) is 0 Å². The van der Waals surface area contributed by atoms with Gasteiger partial charge in [0.2, 0.25) is 0 Å². The third-order valence-electron chi connectivity index (χ3n) is 5.67. The van der Waals surface area contributed by atoms with Crippen LogP contribution in [0.5, 0.6) is 0 Å². The molecule has 0 saturated heterocycles. The average Bonchev–Trinajstić information content (AvgIpc) is 2.94. The Kier molecular flexibility index (Phi) is 2.61. The summed E-state index contributed by atoms with van der Waals surface area (Å²) in [6.45, 7) is 7.06. The number of hydrogen-bond acceptors (Lipinski definition) is 1. The van der Waals surface area contributed by atoms with Crippen molar-refractivity contribution in [2.75, 3.05) is 13.1 Å². The van der Waals surface area contributed by atoms with E-state index in [1.54, 1.807) is 0 Å². The molecule has 1 N–H and O–H groups in total. The zero-order chi connectivity index (χ0) is 15.6. The van der Waals surface area contributed by atoms with Gasteiger partial charge in [0, 0.05) is 35.1 Å². The maximum atomic E-state index is 3.77. The SMILES string of the molecule is CC1(C)CN2CCc3ccccc3C2c2[nH]c3ccccc3c21. The van der Waals surface area contributed by atoms with Crippen LogP contribution in [-0.2, 0) is 11.8 Å². The summed E-state index contributed by atoms with van der Waals surface area (Å²) in [5, 5.41) is 1.40. The first kappa shape index (κ1) is 13.4. The van der Waals surface area contributed by atoms with E-state index in [1.807, 2.05) is 0 Å². The largest absolute Gasteiger partial charge is 0.357 e. The topological polar surface area (TPSA) is 19.0 Å². The minimum atomic E-state index is 0.178. The van der Waals surface area contributed by atoms with E-state index in [-0.39, 0.29) is 5.41 Å². The molecule has 2 heteroatoms. The summed E-state index contributed by atoms with van der Waals surface area (Å²) in [4.78, 5) is 6.44. The van der Waals surface area contributed by atoms with E-state index >= 15 is 0 Å². The van der Waals surface area contributed by atoms with E-state index < -0.39 is 0 Å². The predicted octanol–water partition coefficient (Wildman–Crippen LogP) is 4.41. The van der Waals surface area contributed by atoms with Crippen LogP contribution in [0.3, 0.4) is 0 Å². The van der Waals surface area contributed by atoms with Gasteiger partial charge < -0.3 is 4.98 Å². The van der Waals surface area contributed by atoms with Gasteiger partial charge in [-0.25, -0.2) is 0 Å². The van der Waals surface area contributed by atoms with Crippen molar-refractivity contribution >= 4 is 10.9 Å². The van der Waals surface area contributed by atoms with Crippen molar-refractivity contribution in [3.8, 4) is 0 Å². The number of benzene rings is 2. The van der Waals surface area contributed by atoms with E-state index in [0.717, 1.165) is 19.5 Å². The summed E-state index contributed by atoms with van der Waals surface area (Å²) >= 11 is 0. The van der Waals surface area contributed by atoms with Gasteiger partial charge in [0.15, 0.2) is 0 Å². The number of para-hydroxylation sites is 1. The Morgan fingerprint density at radius 3 is 2.74 bits per heavy atom. The van der Waals surface area contributed by atoms with E-state index in [4.69, 9.17) is 0 Å². The molecule has 3 aromatic rings. The Bertz CT molecular complexity index is 903. The van der Waals surface area contributed by atoms with Crippen molar-refractivity contribution in [3.05, 3.63) is 70.9 Å². The molecule has 0 radical (unpaired) electrons. The first-order valence-electron chi connectivity index (χ1n) is 8.58. The van der Waals surface area contributed by atoms with Crippen LogP contribution in [0.15, 0.2) is 48.5 Å². The molecule has 1 atom stereocenters. The highest BCUT2D eigenvalue weighted by atomic mass is 15.2. The molecular weight excluding hydrogens is 280 g/mol. The number of nitrogens with zero attached hydrogens (tertiary/aromatic N) is 1. The molecule has 0 bridgehead atoms. The van der Waals surface area contributed by atoms with Crippen molar-refractivity contribution in [1.29, 1.82) is 0 Å². The van der Waals surface area contributed by atoms with E-state index in [0.29, 0.717) is 6.04 Å². The zero-order valence-corrected chi connectivity index (χ0v) is 13.8. The Hall–Kier alpha value is -2.06. The van der Waals surface area contributed by atoms with Crippen LogP contribution in [0.2, 0.25) is 0 Å². The van der Waals surface area contributed by atoms with Crippen molar-refractivity contribution in [2.45, 2.75) is 31.7 Å². The van der Waals surface area contributed by atoms with Crippen LogP contribution < -0.4 is 0 Å². The Labute approximate surface area is 137 Å². The van der Waals surface area contributed by atoms with Gasteiger partial charge in [-0.05, 0) is 29.2 Å². The van der Waals surface area contributed by atoms with Gasteiger partial charge in [0.1, 0.15) is 0 Å². The second kappa shape index (κ2) is 4.48.